The van der Waals surface area contributed by atoms with Crippen LogP contribution in [0.5, 0.6) is 0 Å². The molecule has 1 heterocycles. The topological polar surface area (TPSA) is 57.7 Å². The predicted octanol–water partition coefficient (Wildman–Crippen LogP) is 2.36. The highest BCUT2D eigenvalue weighted by atomic mass is 32.2. The van der Waals surface area contributed by atoms with Gasteiger partial charge in [0.15, 0.2) is 9.84 Å². The number of hydrogen-bond acceptors (Lipinski definition) is 4. The van der Waals surface area contributed by atoms with Crippen LogP contribution in [0.2, 0.25) is 0 Å². The Balaban J connectivity index is 1.82. The SMILES string of the molecule is CN1CCN(C(=O)c2ccc(CS(C)(=O)=O)cc2)C(c2ccccc2)C1. The Hall–Kier alpha value is -2.18. The third kappa shape index (κ3) is 4.51. The molecule has 6 heteroatoms. The molecule has 2 aromatic rings. The summed E-state index contributed by atoms with van der Waals surface area (Å²) < 4.78 is 22.8. The first-order valence-electron chi connectivity index (χ1n) is 8.64. The maximum Gasteiger partial charge on any atom is 0.254 e. The van der Waals surface area contributed by atoms with Crippen LogP contribution in [-0.4, -0.2) is 57.1 Å². The van der Waals surface area contributed by atoms with Crippen molar-refractivity contribution < 1.29 is 13.2 Å². The maximum atomic E-state index is 13.1. The molecule has 2 aromatic carbocycles. The molecular weight excluding hydrogens is 348 g/mol. The summed E-state index contributed by atoms with van der Waals surface area (Å²) >= 11 is 0. The lowest BCUT2D eigenvalue weighted by Gasteiger charge is -2.40. The molecule has 1 amide bonds. The summed E-state index contributed by atoms with van der Waals surface area (Å²) in [4.78, 5) is 17.2. The van der Waals surface area contributed by atoms with E-state index in [1.165, 1.54) is 6.26 Å². The quantitative estimate of drug-likeness (QED) is 0.827. The van der Waals surface area contributed by atoms with Gasteiger partial charge in [-0.1, -0.05) is 42.5 Å². The van der Waals surface area contributed by atoms with Crippen molar-refractivity contribution in [3.8, 4) is 0 Å². The first-order chi connectivity index (χ1) is 12.3. The van der Waals surface area contributed by atoms with Crippen molar-refractivity contribution >= 4 is 15.7 Å². The molecule has 0 saturated carbocycles. The Bertz CT molecular complexity index is 864. The van der Waals surface area contributed by atoms with Gasteiger partial charge in [-0.25, -0.2) is 8.42 Å². The van der Waals surface area contributed by atoms with E-state index in [9.17, 15) is 13.2 Å². The predicted molar refractivity (Wildman–Crippen MR) is 103 cm³/mol. The normalized spacial score (nSPS) is 18.7. The highest BCUT2D eigenvalue weighted by molar-refractivity contribution is 7.89. The van der Waals surface area contributed by atoms with Gasteiger partial charge >= 0.3 is 0 Å². The summed E-state index contributed by atoms with van der Waals surface area (Å²) in [6, 6.07) is 17.0. The van der Waals surface area contributed by atoms with Crippen LogP contribution in [0, 0.1) is 0 Å². The average Bonchev–Trinajstić information content (AvgIpc) is 2.61. The van der Waals surface area contributed by atoms with Crippen molar-refractivity contribution in [2.24, 2.45) is 0 Å². The van der Waals surface area contributed by atoms with Crippen LogP contribution in [0.1, 0.15) is 27.5 Å². The Morgan fingerprint density at radius 2 is 1.69 bits per heavy atom. The highest BCUT2D eigenvalue weighted by Crippen LogP contribution is 2.26. The molecule has 26 heavy (non-hydrogen) atoms. The standard InChI is InChI=1S/C20H24N2O3S/c1-21-12-13-22(19(14-21)17-6-4-3-5-7-17)20(23)18-10-8-16(9-11-18)15-26(2,24)25/h3-11,19H,12-15H2,1-2H3. The van der Waals surface area contributed by atoms with E-state index in [4.69, 9.17) is 0 Å². The molecule has 138 valence electrons. The second-order valence-electron chi connectivity index (χ2n) is 6.95. The number of hydrogen-bond donors (Lipinski definition) is 0. The largest absolute Gasteiger partial charge is 0.329 e. The molecule has 1 aliphatic heterocycles. The average molecular weight is 372 g/mol. The zero-order valence-corrected chi connectivity index (χ0v) is 15.9. The van der Waals surface area contributed by atoms with Crippen LogP contribution < -0.4 is 0 Å². The van der Waals surface area contributed by atoms with Crippen LogP contribution >= 0.6 is 0 Å². The summed E-state index contributed by atoms with van der Waals surface area (Å²) in [6.45, 7) is 2.29. The number of sulfone groups is 1. The lowest BCUT2D eigenvalue weighted by molar-refractivity contribution is 0.0498. The summed E-state index contributed by atoms with van der Waals surface area (Å²) in [5.41, 5.74) is 2.41. The van der Waals surface area contributed by atoms with Crippen LogP contribution in [0.3, 0.4) is 0 Å². The number of likely N-dealkylation sites (N-methyl/N-ethyl adjacent to an activating group) is 1. The van der Waals surface area contributed by atoms with Gasteiger partial charge in [-0.05, 0) is 30.3 Å². The minimum Gasteiger partial charge on any atom is -0.329 e. The maximum absolute atomic E-state index is 13.1. The fourth-order valence-corrected chi connectivity index (χ4v) is 4.13. The van der Waals surface area contributed by atoms with E-state index >= 15 is 0 Å². The molecule has 1 aliphatic rings. The van der Waals surface area contributed by atoms with Gasteiger partial charge in [-0.2, -0.15) is 0 Å². The molecule has 0 radical (unpaired) electrons. The van der Waals surface area contributed by atoms with Crippen molar-refractivity contribution in [3.63, 3.8) is 0 Å². The molecule has 0 N–H and O–H groups in total. The van der Waals surface area contributed by atoms with E-state index in [1.54, 1.807) is 24.3 Å². The molecule has 1 atom stereocenters. The van der Waals surface area contributed by atoms with Gasteiger partial charge in [0.25, 0.3) is 5.91 Å². The molecule has 1 unspecified atom stereocenters. The second kappa shape index (κ2) is 7.60. The molecule has 0 aliphatic carbocycles. The molecule has 0 spiro atoms. The molecular formula is C20H24N2O3S. The van der Waals surface area contributed by atoms with Crippen molar-refractivity contribution in [3.05, 3.63) is 71.3 Å². The first kappa shape index (κ1) is 18.6. The van der Waals surface area contributed by atoms with Gasteiger partial charge in [0, 0.05) is 31.5 Å². The fourth-order valence-electron chi connectivity index (χ4n) is 3.34. The lowest BCUT2D eigenvalue weighted by Crippen LogP contribution is -2.49. The number of piperazine rings is 1. The Morgan fingerprint density at radius 3 is 2.31 bits per heavy atom. The smallest absolute Gasteiger partial charge is 0.254 e. The third-order valence-corrected chi connectivity index (χ3v) is 5.52. The van der Waals surface area contributed by atoms with Crippen LogP contribution in [0.4, 0.5) is 0 Å². The number of carbonyl (C=O) groups excluding carboxylic acids is 1. The first-order valence-corrected chi connectivity index (χ1v) is 10.7. The molecule has 1 fully saturated rings. The van der Waals surface area contributed by atoms with E-state index in [-0.39, 0.29) is 17.7 Å². The zero-order valence-electron chi connectivity index (χ0n) is 15.1. The lowest BCUT2D eigenvalue weighted by atomic mass is 10.0. The molecule has 3 rings (SSSR count). The summed E-state index contributed by atoms with van der Waals surface area (Å²) in [5.74, 6) is -0.0272. The molecule has 5 nitrogen and oxygen atoms in total. The molecule has 0 bridgehead atoms. The highest BCUT2D eigenvalue weighted by Gasteiger charge is 2.30. The van der Waals surface area contributed by atoms with E-state index in [1.807, 2.05) is 23.1 Å². The van der Waals surface area contributed by atoms with Crippen LogP contribution in [0.15, 0.2) is 54.6 Å². The third-order valence-electron chi connectivity index (χ3n) is 4.66. The van der Waals surface area contributed by atoms with Gasteiger partial charge < -0.3 is 9.80 Å². The second-order valence-corrected chi connectivity index (χ2v) is 9.09. The Labute approximate surface area is 155 Å². The van der Waals surface area contributed by atoms with E-state index < -0.39 is 9.84 Å². The number of carbonyl (C=O) groups is 1. The van der Waals surface area contributed by atoms with E-state index in [0.29, 0.717) is 17.7 Å². The van der Waals surface area contributed by atoms with Crippen LogP contribution in [-0.2, 0) is 15.6 Å². The number of benzene rings is 2. The molecule has 1 saturated heterocycles. The van der Waals surface area contributed by atoms with Gasteiger partial charge in [0.2, 0.25) is 0 Å². The molecule has 0 aromatic heterocycles. The van der Waals surface area contributed by atoms with Crippen molar-refractivity contribution in [2.75, 3.05) is 32.9 Å². The Morgan fingerprint density at radius 1 is 1.04 bits per heavy atom. The fraction of sp³-hybridized carbons (Fsp3) is 0.350. The van der Waals surface area contributed by atoms with Gasteiger partial charge in [0.05, 0.1) is 11.8 Å². The van der Waals surface area contributed by atoms with E-state index in [0.717, 1.165) is 18.7 Å². The minimum absolute atomic E-state index is 0.0113. The van der Waals surface area contributed by atoms with Crippen molar-refractivity contribution in [1.82, 2.24) is 9.80 Å². The van der Waals surface area contributed by atoms with E-state index in [2.05, 4.69) is 24.1 Å². The van der Waals surface area contributed by atoms with Gasteiger partial charge in [-0.3, -0.25) is 4.79 Å². The zero-order chi connectivity index (χ0) is 18.7. The summed E-state index contributed by atoms with van der Waals surface area (Å²) in [7, 11) is -1.02. The number of nitrogens with zero attached hydrogens (tertiary/aromatic N) is 2. The number of amides is 1. The van der Waals surface area contributed by atoms with Crippen LogP contribution in [0.25, 0.3) is 0 Å². The minimum atomic E-state index is -3.08. The Kier molecular flexibility index (Phi) is 5.44. The van der Waals surface area contributed by atoms with Crippen molar-refractivity contribution in [1.29, 1.82) is 0 Å². The monoisotopic (exact) mass is 372 g/mol. The van der Waals surface area contributed by atoms with Gasteiger partial charge in [-0.15, -0.1) is 0 Å². The summed E-state index contributed by atoms with van der Waals surface area (Å²) in [5, 5.41) is 0. The summed E-state index contributed by atoms with van der Waals surface area (Å²) in [6.07, 6.45) is 1.21. The van der Waals surface area contributed by atoms with Gasteiger partial charge in [0.1, 0.15) is 0 Å². The number of rotatable bonds is 4. The van der Waals surface area contributed by atoms with Crippen molar-refractivity contribution in [2.45, 2.75) is 11.8 Å².